The minimum absolute atomic E-state index is 0.0152. The summed E-state index contributed by atoms with van der Waals surface area (Å²) in [6.07, 6.45) is 0.874. The lowest BCUT2D eigenvalue weighted by atomic mass is 9.97. The maximum atomic E-state index is 13.1. The Morgan fingerprint density at radius 3 is 2.45 bits per heavy atom. The van der Waals surface area contributed by atoms with Gasteiger partial charge in [-0.3, -0.25) is 4.79 Å². The number of thioether (sulfide) groups is 1. The van der Waals surface area contributed by atoms with Crippen molar-refractivity contribution in [1.82, 2.24) is 20.1 Å². The van der Waals surface area contributed by atoms with Crippen molar-refractivity contribution in [2.24, 2.45) is 13.0 Å². The molecule has 0 unspecified atom stereocenters. The second-order valence-corrected chi connectivity index (χ2v) is 8.26. The molecule has 0 fully saturated rings. The number of aromatic nitrogens is 3. The fraction of sp³-hybridized carbons (Fsp3) is 0.318. The summed E-state index contributed by atoms with van der Waals surface area (Å²) >= 11 is 1.33. The van der Waals surface area contributed by atoms with Crippen LogP contribution in [0.2, 0.25) is 0 Å². The number of carbonyl (C=O) groups is 1. The predicted molar refractivity (Wildman–Crippen MR) is 114 cm³/mol. The van der Waals surface area contributed by atoms with Gasteiger partial charge in [0.05, 0.1) is 11.8 Å². The zero-order chi connectivity index (χ0) is 20.8. The molecule has 5 nitrogen and oxygen atoms in total. The van der Waals surface area contributed by atoms with Gasteiger partial charge >= 0.3 is 0 Å². The van der Waals surface area contributed by atoms with Crippen LogP contribution in [0.15, 0.2) is 59.8 Å². The van der Waals surface area contributed by atoms with Crippen LogP contribution in [0.25, 0.3) is 11.4 Å². The molecule has 1 aromatic heterocycles. The van der Waals surface area contributed by atoms with Crippen LogP contribution in [-0.2, 0) is 11.8 Å². The van der Waals surface area contributed by atoms with Crippen molar-refractivity contribution in [3.05, 3.63) is 66.0 Å². The smallest absolute Gasteiger partial charge is 0.230 e. The zero-order valence-electron chi connectivity index (χ0n) is 16.8. The highest BCUT2D eigenvalue weighted by Gasteiger charge is 2.18. The number of amides is 1. The van der Waals surface area contributed by atoms with Gasteiger partial charge in [0.25, 0.3) is 0 Å². The monoisotopic (exact) mass is 412 g/mol. The summed E-state index contributed by atoms with van der Waals surface area (Å²) in [4.78, 5) is 12.6. The topological polar surface area (TPSA) is 59.8 Å². The summed E-state index contributed by atoms with van der Waals surface area (Å²) in [7, 11) is 1.84. The van der Waals surface area contributed by atoms with E-state index in [4.69, 9.17) is 0 Å². The van der Waals surface area contributed by atoms with Gasteiger partial charge in [0.15, 0.2) is 11.0 Å². The molecule has 0 saturated carbocycles. The number of benzene rings is 2. The molecule has 0 aliphatic heterocycles. The molecule has 1 heterocycles. The third-order valence-corrected chi connectivity index (χ3v) is 5.53. The van der Waals surface area contributed by atoms with Crippen LogP contribution in [0.4, 0.5) is 4.39 Å². The lowest BCUT2D eigenvalue weighted by Crippen LogP contribution is -2.31. The molecule has 1 N–H and O–H groups in total. The van der Waals surface area contributed by atoms with E-state index in [-0.39, 0.29) is 23.5 Å². The van der Waals surface area contributed by atoms with E-state index in [2.05, 4.69) is 29.4 Å². The number of halogens is 1. The molecule has 3 aromatic rings. The Morgan fingerprint density at radius 2 is 1.79 bits per heavy atom. The molecule has 1 amide bonds. The van der Waals surface area contributed by atoms with Crippen molar-refractivity contribution >= 4 is 17.7 Å². The number of nitrogens with zero attached hydrogens (tertiary/aromatic N) is 3. The van der Waals surface area contributed by atoms with Gasteiger partial charge in [-0.15, -0.1) is 10.2 Å². The van der Waals surface area contributed by atoms with Gasteiger partial charge in [0.1, 0.15) is 5.82 Å². The first-order chi connectivity index (χ1) is 13.9. The number of carbonyl (C=O) groups excluding carboxylic acids is 1. The van der Waals surface area contributed by atoms with Gasteiger partial charge < -0.3 is 9.88 Å². The molecule has 0 saturated heterocycles. The number of hydrogen-bond donors (Lipinski definition) is 1. The van der Waals surface area contributed by atoms with Crippen molar-refractivity contribution in [3.8, 4) is 11.4 Å². The number of rotatable bonds is 8. The van der Waals surface area contributed by atoms with E-state index in [1.807, 2.05) is 41.9 Å². The quantitative estimate of drug-likeness (QED) is 0.549. The summed E-state index contributed by atoms with van der Waals surface area (Å²) in [5.41, 5.74) is 1.88. The lowest BCUT2D eigenvalue weighted by molar-refractivity contribution is -0.119. The molecule has 152 valence electrons. The summed E-state index contributed by atoms with van der Waals surface area (Å²) in [5, 5.41) is 12.1. The van der Waals surface area contributed by atoms with Gasteiger partial charge in [0.2, 0.25) is 5.91 Å². The average molecular weight is 413 g/mol. The van der Waals surface area contributed by atoms with Gasteiger partial charge in [0, 0.05) is 12.6 Å². The van der Waals surface area contributed by atoms with E-state index >= 15 is 0 Å². The van der Waals surface area contributed by atoms with Crippen molar-refractivity contribution in [1.29, 1.82) is 0 Å². The third-order valence-electron chi connectivity index (χ3n) is 4.51. The standard InChI is InChI=1S/C22H25FN4OS/c1-15(2)13-19(16-7-5-4-6-8-16)24-20(28)14-29-22-26-25-21(27(22)3)17-9-11-18(23)12-10-17/h4-12,15,19H,13-14H2,1-3H3,(H,24,28)/t19-/m0/s1. The Morgan fingerprint density at radius 1 is 1.10 bits per heavy atom. The van der Waals surface area contributed by atoms with Crippen LogP contribution in [0, 0.1) is 11.7 Å². The highest BCUT2D eigenvalue weighted by Crippen LogP contribution is 2.24. The molecule has 1 atom stereocenters. The molecule has 0 radical (unpaired) electrons. The highest BCUT2D eigenvalue weighted by molar-refractivity contribution is 7.99. The summed E-state index contributed by atoms with van der Waals surface area (Å²) < 4.78 is 14.9. The molecule has 2 aromatic carbocycles. The van der Waals surface area contributed by atoms with E-state index < -0.39 is 0 Å². The van der Waals surface area contributed by atoms with E-state index in [1.54, 1.807) is 12.1 Å². The van der Waals surface area contributed by atoms with Gasteiger partial charge in [-0.1, -0.05) is 55.9 Å². The molecule has 7 heteroatoms. The Kier molecular flexibility index (Phi) is 7.04. The number of nitrogens with one attached hydrogen (secondary N) is 1. The Hall–Kier alpha value is -2.67. The van der Waals surface area contributed by atoms with E-state index in [0.29, 0.717) is 16.9 Å². The highest BCUT2D eigenvalue weighted by atomic mass is 32.2. The minimum Gasteiger partial charge on any atom is -0.349 e. The third kappa shape index (κ3) is 5.67. The normalized spacial score (nSPS) is 12.2. The molecular weight excluding hydrogens is 387 g/mol. The first-order valence-corrected chi connectivity index (χ1v) is 10.5. The zero-order valence-corrected chi connectivity index (χ0v) is 17.6. The molecule has 0 bridgehead atoms. The Balaban J connectivity index is 1.63. The maximum Gasteiger partial charge on any atom is 0.230 e. The van der Waals surface area contributed by atoms with Crippen molar-refractivity contribution in [2.75, 3.05) is 5.75 Å². The van der Waals surface area contributed by atoms with Crippen LogP contribution in [0.3, 0.4) is 0 Å². The summed E-state index contributed by atoms with van der Waals surface area (Å²) in [6.45, 7) is 4.29. The molecular formula is C22H25FN4OS. The first-order valence-electron chi connectivity index (χ1n) is 9.56. The van der Waals surface area contributed by atoms with E-state index in [0.717, 1.165) is 17.5 Å². The first kappa shape index (κ1) is 21.0. The van der Waals surface area contributed by atoms with Crippen molar-refractivity contribution in [3.63, 3.8) is 0 Å². The van der Waals surface area contributed by atoms with Crippen LogP contribution >= 0.6 is 11.8 Å². The maximum absolute atomic E-state index is 13.1. The van der Waals surface area contributed by atoms with Crippen molar-refractivity contribution in [2.45, 2.75) is 31.5 Å². The fourth-order valence-electron chi connectivity index (χ4n) is 3.09. The molecule has 0 spiro atoms. The summed E-state index contributed by atoms with van der Waals surface area (Å²) in [6, 6.07) is 16.1. The predicted octanol–water partition coefficient (Wildman–Crippen LogP) is 4.62. The molecule has 0 aliphatic carbocycles. The molecule has 29 heavy (non-hydrogen) atoms. The van der Waals surface area contributed by atoms with Crippen LogP contribution in [0.1, 0.15) is 31.9 Å². The number of hydrogen-bond acceptors (Lipinski definition) is 4. The van der Waals surface area contributed by atoms with Crippen LogP contribution in [0.5, 0.6) is 0 Å². The minimum atomic E-state index is -0.295. The van der Waals surface area contributed by atoms with Crippen molar-refractivity contribution < 1.29 is 9.18 Å². The second kappa shape index (κ2) is 9.69. The van der Waals surface area contributed by atoms with Gasteiger partial charge in [-0.05, 0) is 42.2 Å². The Bertz CT molecular complexity index is 941. The lowest BCUT2D eigenvalue weighted by Gasteiger charge is -2.21. The SMILES string of the molecule is CC(C)C[C@H](NC(=O)CSc1nnc(-c2ccc(F)cc2)n1C)c1ccccc1. The van der Waals surface area contributed by atoms with Crippen LogP contribution < -0.4 is 5.32 Å². The van der Waals surface area contributed by atoms with Gasteiger partial charge in [-0.25, -0.2) is 4.39 Å². The summed E-state index contributed by atoms with van der Waals surface area (Å²) in [5.74, 6) is 1.00. The fourth-order valence-corrected chi connectivity index (χ4v) is 3.81. The molecule has 0 aliphatic rings. The Labute approximate surface area is 174 Å². The molecule has 3 rings (SSSR count). The largest absolute Gasteiger partial charge is 0.349 e. The average Bonchev–Trinajstić information content (AvgIpc) is 3.07. The van der Waals surface area contributed by atoms with E-state index in [9.17, 15) is 9.18 Å². The second-order valence-electron chi connectivity index (χ2n) is 7.32. The van der Waals surface area contributed by atoms with E-state index in [1.165, 1.54) is 23.9 Å². The van der Waals surface area contributed by atoms with Gasteiger partial charge in [-0.2, -0.15) is 0 Å². The van der Waals surface area contributed by atoms with Crippen LogP contribution in [-0.4, -0.2) is 26.4 Å².